The maximum absolute atomic E-state index is 12.8. The van der Waals surface area contributed by atoms with Gasteiger partial charge in [-0.15, -0.1) is 0 Å². The van der Waals surface area contributed by atoms with Gasteiger partial charge in [-0.25, -0.2) is 9.59 Å². The summed E-state index contributed by atoms with van der Waals surface area (Å²) in [5, 5.41) is 9.77. The van der Waals surface area contributed by atoms with Gasteiger partial charge in [-0.1, -0.05) is 46.1 Å². The third kappa shape index (κ3) is 9.72. The highest BCUT2D eigenvalue weighted by Crippen LogP contribution is 2.38. The molecule has 0 amide bonds. The van der Waals surface area contributed by atoms with Gasteiger partial charge >= 0.3 is 24.2 Å². The van der Waals surface area contributed by atoms with Crippen LogP contribution in [0.4, 0.5) is 9.59 Å². The molecule has 0 bridgehead atoms. The minimum absolute atomic E-state index is 0.112. The Kier molecular flexibility index (Phi) is 13.0. The minimum atomic E-state index is -1.38. The van der Waals surface area contributed by atoms with Gasteiger partial charge in [0.2, 0.25) is 0 Å². The second-order valence-corrected chi connectivity index (χ2v) is 9.83. The number of nitrogens with two attached hydrogens (primary N) is 1. The van der Waals surface area contributed by atoms with Crippen LogP contribution < -0.4 is 15.2 Å². The molecule has 0 spiro atoms. The van der Waals surface area contributed by atoms with Crippen molar-refractivity contribution in [3.63, 3.8) is 0 Å². The highest BCUT2D eigenvalue weighted by Gasteiger charge is 2.36. The van der Waals surface area contributed by atoms with Crippen molar-refractivity contribution in [1.82, 2.24) is 0 Å². The Balaban J connectivity index is 2.36. The highest BCUT2D eigenvalue weighted by atomic mass is 16.7. The lowest BCUT2D eigenvalue weighted by Gasteiger charge is -2.33. The maximum atomic E-state index is 12.8. The Morgan fingerprint density at radius 1 is 0.923 bits per heavy atom. The van der Waals surface area contributed by atoms with Crippen LogP contribution in [-0.4, -0.2) is 54.7 Å². The molecule has 3 unspecified atom stereocenters. The molecule has 39 heavy (non-hydrogen) atoms. The number of carbonyl (C=O) groups excluding carboxylic acids is 3. The number of esters is 1. The predicted molar refractivity (Wildman–Crippen MR) is 141 cm³/mol. The molecule has 11 nitrogen and oxygen atoms in total. The molecule has 1 fully saturated rings. The summed E-state index contributed by atoms with van der Waals surface area (Å²) in [5.74, 6) is -3.42. The van der Waals surface area contributed by atoms with Crippen molar-refractivity contribution in [2.75, 3.05) is 13.2 Å². The zero-order chi connectivity index (χ0) is 28.9. The number of carboxylic acids is 1. The van der Waals surface area contributed by atoms with E-state index in [1.54, 1.807) is 13.8 Å². The molecule has 2 rings (SSSR count). The Morgan fingerprint density at radius 3 is 2.03 bits per heavy atom. The summed E-state index contributed by atoms with van der Waals surface area (Å²) < 4.78 is 26.2. The van der Waals surface area contributed by atoms with Crippen LogP contribution in [-0.2, 0) is 23.8 Å². The van der Waals surface area contributed by atoms with E-state index in [-0.39, 0.29) is 36.6 Å². The van der Waals surface area contributed by atoms with Crippen LogP contribution in [0.1, 0.15) is 84.1 Å². The van der Waals surface area contributed by atoms with Crippen LogP contribution in [0, 0.1) is 11.8 Å². The van der Waals surface area contributed by atoms with Gasteiger partial charge in [-0.05, 0) is 50.3 Å². The molecule has 3 N–H and O–H groups in total. The summed E-state index contributed by atoms with van der Waals surface area (Å²) in [6, 6.07) is 2.87. The number of hydrogen-bond donors (Lipinski definition) is 2. The third-order valence-corrected chi connectivity index (χ3v) is 6.81. The van der Waals surface area contributed by atoms with Gasteiger partial charge in [-0.2, -0.15) is 0 Å². The Hall–Kier alpha value is -3.34. The molecule has 0 aliphatic heterocycles. The summed E-state index contributed by atoms with van der Waals surface area (Å²) in [6.07, 6.45) is 3.05. The Bertz CT molecular complexity index is 975. The van der Waals surface area contributed by atoms with Crippen molar-refractivity contribution in [1.29, 1.82) is 0 Å². The SMILES string of the molecule is CCCOC(=O)Oc1ccc(C(C(C)C(C)OC(=O)C2CCCCC2)[C@H](N)C(=O)O)cc1OC(=O)OCCC. The average Bonchev–Trinajstić information content (AvgIpc) is 2.92. The van der Waals surface area contributed by atoms with Crippen LogP contribution in [0.25, 0.3) is 0 Å². The van der Waals surface area contributed by atoms with Gasteiger partial charge < -0.3 is 34.5 Å². The minimum Gasteiger partial charge on any atom is -0.480 e. The van der Waals surface area contributed by atoms with E-state index < -0.39 is 42.3 Å². The molecule has 4 atom stereocenters. The number of carbonyl (C=O) groups is 4. The topological polar surface area (TPSA) is 161 Å². The van der Waals surface area contributed by atoms with Crippen LogP contribution in [0.2, 0.25) is 0 Å². The number of carboxylic acid groups (broad SMARTS) is 1. The van der Waals surface area contributed by atoms with Crippen molar-refractivity contribution >= 4 is 24.2 Å². The molecular formula is C28H41NO10. The maximum Gasteiger partial charge on any atom is 0.513 e. The van der Waals surface area contributed by atoms with Crippen molar-refractivity contribution in [3.05, 3.63) is 23.8 Å². The Morgan fingerprint density at radius 2 is 1.49 bits per heavy atom. The second-order valence-electron chi connectivity index (χ2n) is 9.83. The van der Waals surface area contributed by atoms with Crippen LogP contribution >= 0.6 is 0 Å². The van der Waals surface area contributed by atoms with Crippen LogP contribution in [0.15, 0.2) is 18.2 Å². The van der Waals surface area contributed by atoms with Gasteiger partial charge in [0.15, 0.2) is 11.5 Å². The van der Waals surface area contributed by atoms with E-state index in [4.69, 9.17) is 29.4 Å². The molecule has 0 heterocycles. The van der Waals surface area contributed by atoms with E-state index in [2.05, 4.69) is 0 Å². The van der Waals surface area contributed by atoms with E-state index >= 15 is 0 Å². The van der Waals surface area contributed by atoms with E-state index in [0.717, 1.165) is 32.1 Å². The fourth-order valence-electron chi connectivity index (χ4n) is 4.51. The van der Waals surface area contributed by atoms with Crippen molar-refractivity contribution in [2.45, 2.75) is 90.7 Å². The molecule has 1 aromatic carbocycles. The van der Waals surface area contributed by atoms with Crippen LogP contribution in [0.5, 0.6) is 11.5 Å². The first-order valence-corrected chi connectivity index (χ1v) is 13.6. The molecule has 0 aromatic heterocycles. The fourth-order valence-corrected chi connectivity index (χ4v) is 4.51. The normalized spacial score (nSPS) is 16.7. The molecule has 11 heteroatoms. The molecule has 1 aliphatic rings. The van der Waals surface area contributed by atoms with E-state index in [1.165, 1.54) is 18.2 Å². The largest absolute Gasteiger partial charge is 0.513 e. The molecule has 0 radical (unpaired) electrons. The summed E-state index contributed by atoms with van der Waals surface area (Å²) in [6.45, 7) is 7.33. The number of benzene rings is 1. The third-order valence-electron chi connectivity index (χ3n) is 6.81. The zero-order valence-electron chi connectivity index (χ0n) is 23.2. The smallest absolute Gasteiger partial charge is 0.480 e. The molecule has 0 saturated heterocycles. The molecule has 218 valence electrons. The van der Waals surface area contributed by atoms with Crippen LogP contribution in [0.3, 0.4) is 0 Å². The quantitative estimate of drug-likeness (QED) is 0.189. The number of rotatable bonds is 13. The highest BCUT2D eigenvalue weighted by molar-refractivity contribution is 5.75. The monoisotopic (exact) mass is 551 g/mol. The first-order valence-electron chi connectivity index (χ1n) is 13.6. The van der Waals surface area contributed by atoms with Gasteiger partial charge in [-0.3, -0.25) is 9.59 Å². The van der Waals surface area contributed by atoms with Crippen molar-refractivity contribution in [3.8, 4) is 11.5 Å². The van der Waals surface area contributed by atoms with E-state index in [0.29, 0.717) is 18.4 Å². The summed E-state index contributed by atoms with van der Waals surface area (Å²) in [4.78, 5) is 49.0. The lowest BCUT2D eigenvalue weighted by molar-refractivity contribution is -0.157. The van der Waals surface area contributed by atoms with Gasteiger partial charge in [0, 0.05) is 11.8 Å². The van der Waals surface area contributed by atoms with Gasteiger partial charge in [0.1, 0.15) is 12.1 Å². The predicted octanol–water partition coefficient (Wildman–Crippen LogP) is 5.18. The number of ether oxygens (including phenoxy) is 5. The first kappa shape index (κ1) is 31.9. The second kappa shape index (κ2) is 15.9. The molecule has 1 aromatic rings. The molecule has 1 saturated carbocycles. The number of aliphatic carboxylic acids is 1. The lowest BCUT2D eigenvalue weighted by atomic mass is 9.79. The molecular weight excluding hydrogens is 510 g/mol. The standard InChI is InChI=1S/C28H41NO10/c1-5-14-35-27(33)38-21-13-12-20(16-22(21)39-28(34)36-15-6-2)23(24(29)25(30)31)17(3)18(4)37-26(32)19-10-8-7-9-11-19/h12-13,16-19,23-24H,5-11,14-15,29H2,1-4H3,(H,30,31)/t17?,18?,23?,24-/m0/s1. The van der Waals surface area contributed by atoms with E-state index in [1.807, 2.05) is 13.8 Å². The average molecular weight is 552 g/mol. The van der Waals surface area contributed by atoms with Crippen molar-refractivity contribution < 1.29 is 48.0 Å². The summed E-state index contributed by atoms with van der Waals surface area (Å²) >= 11 is 0. The zero-order valence-corrected chi connectivity index (χ0v) is 23.2. The summed E-state index contributed by atoms with van der Waals surface area (Å²) in [7, 11) is 0. The Labute approximate surface area is 229 Å². The fraction of sp³-hybridized carbons (Fsp3) is 0.643. The summed E-state index contributed by atoms with van der Waals surface area (Å²) in [5.41, 5.74) is 6.50. The number of hydrogen-bond acceptors (Lipinski definition) is 10. The first-order chi connectivity index (χ1) is 18.6. The molecule has 1 aliphatic carbocycles. The van der Waals surface area contributed by atoms with Gasteiger partial charge in [0.25, 0.3) is 0 Å². The van der Waals surface area contributed by atoms with Crippen molar-refractivity contribution in [2.24, 2.45) is 17.6 Å². The van der Waals surface area contributed by atoms with Gasteiger partial charge in [0.05, 0.1) is 19.1 Å². The van der Waals surface area contributed by atoms with E-state index in [9.17, 15) is 24.3 Å². The lowest BCUT2D eigenvalue weighted by Crippen LogP contribution is -2.43.